The van der Waals surface area contributed by atoms with E-state index in [1.165, 1.54) is 0 Å². The molecule has 13 heavy (non-hydrogen) atoms. The average molecular weight is 183 g/mol. The maximum Gasteiger partial charge on any atom is 0.246 e. The van der Waals surface area contributed by atoms with Gasteiger partial charge in [0.25, 0.3) is 0 Å². The summed E-state index contributed by atoms with van der Waals surface area (Å²) in [6, 6.07) is 0.286. The first kappa shape index (κ1) is 12.2. The van der Waals surface area contributed by atoms with Gasteiger partial charge in [-0.25, -0.2) is 0 Å². The molecule has 76 valence electrons. The third-order valence-corrected chi connectivity index (χ3v) is 2.47. The van der Waals surface area contributed by atoms with E-state index >= 15 is 0 Å². The van der Waals surface area contributed by atoms with Crippen molar-refractivity contribution in [2.45, 2.75) is 46.6 Å². The van der Waals surface area contributed by atoms with Gasteiger partial charge >= 0.3 is 0 Å². The standard InChI is InChI=1S/C11H21NO/c1-6-9(5)10(7-2)12-11(13)8(3)4/h9-10H,3,6-7H2,1-2,4-5H3,(H,12,13). The molecule has 0 spiro atoms. The molecule has 0 rings (SSSR count). The van der Waals surface area contributed by atoms with Crippen molar-refractivity contribution in [1.29, 1.82) is 0 Å². The highest BCUT2D eigenvalue weighted by Crippen LogP contribution is 2.10. The van der Waals surface area contributed by atoms with Gasteiger partial charge in [0.05, 0.1) is 0 Å². The lowest BCUT2D eigenvalue weighted by Crippen LogP contribution is -2.38. The van der Waals surface area contributed by atoms with Crippen LogP contribution in [0.2, 0.25) is 0 Å². The number of carbonyl (C=O) groups is 1. The zero-order chi connectivity index (χ0) is 10.4. The number of hydrogen-bond acceptors (Lipinski definition) is 1. The van der Waals surface area contributed by atoms with Crippen molar-refractivity contribution in [2.24, 2.45) is 5.92 Å². The van der Waals surface area contributed by atoms with E-state index in [9.17, 15) is 4.79 Å². The molecule has 1 amide bonds. The summed E-state index contributed by atoms with van der Waals surface area (Å²) in [4.78, 5) is 11.3. The van der Waals surface area contributed by atoms with E-state index in [2.05, 4.69) is 32.7 Å². The summed E-state index contributed by atoms with van der Waals surface area (Å²) < 4.78 is 0. The summed E-state index contributed by atoms with van der Waals surface area (Å²) in [5, 5.41) is 2.98. The van der Waals surface area contributed by atoms with Crippen molar-refractivity contribution >= 4 is 5.91 Å². The predicted molar refractivity (Wildman–Crippen MR) is 56.5 cm³/mol. The summed E-state index contributed by atoms with van der Waals surface area (Å²) >= 11 is 0. The first-order valence-electron chi connectivity index (χ1n) is 4.99. The Bertz CT molecular complexity index is 187. The second kappa shape index (κ2) is 5.79. The Balaban J connectivity index is 4.12. The van der Waals surface area contributed by atoms with Gasteiger partial charge in [0.2, 0.25) is 5.91 Å². The number of carbonyl (C=O) groups excluding carboxylic acids is 1. The number of hydrogen-bond donors (Lipinski definition) is 1. The van der Waals surface area contributed by atoms with E-state index in [4.69, 9.17) is 0 Å². The Morgan fingerprint density at radius 2 is 1.92 bits per heavy atom. The minimum Gasteiger partial charge on any atom is -0.349 e. The van der Waals surface area contributed by atoms with Crippen LogP contribution >= 0.6 is 0 Å². The second-order valence-electron chi connectivity index (χ2n) is 3.65. The van der Waals surface area contributed by atoms with Gasteiger partial charge in [-0.15, -0.1) is 0 Å². The lowest BCUT2D eigenvalue weighted by molar-refractivity contribution is -0.118. The van der Waals surface area contributed by atoms with E-state index in [0.717, 1.165) is 12.8 Å². The Kier molecular flexibility index (Phi) is 5.44. The maximum absolute atomic E-state index is 11.3. The topological polar surface area (TPSA) is 29.1 Å². The minimum atomic E-state index is -0.0212. The van der Waals surface area contributed by atoms with E-state index in [1.54, 1.807) is 6.92 Å². The molecule has 0 aromatic carbocycles. The molecule has 2 nitrogen and oxygen atoms in total. The van der Waals surface area contributed by atoms with Gasteiger partial charge in [0, 0.05) is 11.6 Å². The van der Waals surface area contributed by atoms with Gasteiger partial charge in [-0.1, -0.05) is 33.8 Å². The zero-order valence-corrected chi connectivity index (χ0v) is 9.18. The first-order valence-corrected chi connectivity index (χ1v) is 4.99. The van der Waals surface area contributed by atoms with Gasteiger partial charge in [-0.3, -0.25) is 4.79 Å². The SMILES string of the molecule is C=C(C)C(=O)NC(CC)C(C)CC. The normalized spacial score (nSPS) is 14.8. The molecular weight excluding hydrogens is 162 g/mol. The van der Waals surface area contributed by atoms with Crippen molar-refractivity contribution in [3.8, 4) is 0 Å². The molecular formula is C11H21NO. The molecule has 0 aliphatic rings. The molecule has 2 atom stereocenters. The lowest BCUT2D eigenvalue weighted by atomic mass is 9.97. The number of rotatable bonds is 5. The summed E-state index contributed by atoms with van der Waals surface area (Å²) in [7, 11) is 0. The van der Waals surface area contributed by atoms with E-state index in [1.807, 2.05) is 0 Å². The average Bonchev–Trinajstić information content (AvgIpc) is 2.12. The second-order valence-corrected chi connectivity index (χ2v) is 3.65. The van der Waals surface area contributed by atoms with Crippen LogP contribution in [0.3, 0.4) is 0 Å². The minimum absolute atomic E-state index is 0.0212. The molecule has 0 heterocycles. The van der Waals surface area contributed by atoms with E-state index < -0.39 is 0 Å². The highest BCUT2D eigenvalue weighted by Gasteiger charge is 2.15. The maximum atomic E-state index is 11.3. The highest BCUT2D eigenvalue weighted by atomic mass is 16.1. The van der Waals surface area contributed by atoms with Crippen molar-refractivity contribution in [3.63, 3.8) is 0 Å². The van der Waals surface area contributed by atoms with E-state index in [0.29, 0.717) is 11.5 Å². The first-order chi connectivity index (χ1) is 6.02. The molecule has 2 unspecified atom stereocenters. The summed E-state index contributed by atoms with van der Waals surface area (Å²) in [5.74, 6) is 0.514. The molecule has 0 fully saturated rings. The van der Waals surface area contributed by atoms with Crippen molar-refractivity contribution < 1.29 is 4.79 Å². The van der Waals surface area contributed by atoms with Crippen molar-refractivity contribution in [1.82, 2.24) is 5.32 Å². The van der Waals surface area contributed by atoms with Gasteiger partial charge in [0.15, 0.2) is 0 Å². The Morgan fingerprint density at radius 1 is 1.38 bits per heavy atom. The molecule has 0 aromatic rings. The summed E-state index contributed by atoms with van der Waals surface area (Å²) in [5.41, 5.74) is 0.585. The quantitative estimate of drug-likeness (QED) is 0.652. The number of amides is 1. The molecule has 0 radical (unpaired) electrons. The van der Waals surface area contributed by atoms with Crippen LogP contribution in [0.15, 0.2) is 12.2 Å². The van der Waals surface area contributed by atoms with Crippen LogP contribution in [0, 0.1) is 5.92 Å². The molecule has 0 aromatic heterocycles. The third kappa shape index (κ3) is 4.11. The highest BCUT2D eigenvalue weighted by molar-refractivity contribution is 5.92. The van der Waals surface area contributed by atoms with Crippen molar-refractivity contribution in [2.75, 3.05) is 0 Å². The largest absolute Gasteiger partial charge is 0.349 e. The molecule has 0 aliphatic heterocycles. The fraction of sp³-hybridized carbons (Fsp3) is 0.727. The van der Waals surface area contributed by atoms with Crippen LogP contribution in [0.4, 0.5) is 0 Å². The van der Waals surface area contributed by atoms with Crippen LogP contribution in [0.25, 0.3) is 0 Å². The van der Waals surface area contributed by atoms with Gasteiger partial charge in [-0.05, 0) is 19.3 Å². The smallest absolute Gasteiger partial charge is 0.246 e. The molecule has 2 heteroatoms. The van der Waals surface area contributed by atoms with Crippen LogP contribution in [-0.4, -0.2) is 11.9 Å². The molecule has 0 aliphatic carbocycles. The lowest BCUT2D eigenvalue weighted by Gasteiger charge is -2.22. The molecule has 1 N–H and O–H groups in total. The molecule has 0 saturated heterocycles. The predicted octanol–water partition coefficient (Wildman–Crippen LogP) is 2.50. The molecule has 0 bridgehead atoms. The summed E-state index contributed by atoms with van der Waals surface area (Å²) in [6.45, 7) is 11.7. The van der Waals surface area contributed by atoms with Gasteiger partial charge in [0.1, 0.15) is 0 Å². The summed E-state index contributed by atoms with van der Waals surface area (Å²) in [6.07, 6.45) is 2.07. The van der Waals surface area contributed by atoms with E-state index in [-0.39, 0.29) is 11.9 Å². The Labute approximate surface area is 81.4 Å². The Morgan fingerprint density at radius 3 is 2.23 bits per heavy atom. The molecule has 0 saturated carbocycles. The van der Waals surface area contributed by atoms with Crippen LogP contribution in [-0.2, 0) is 4.79 Å². The third-order valence-electron chi connectivity index (χ3n) is 2.47. The van der Waals surface area contributed by atoms with Crippen molar-refractivity contribution in [3.05, 3.63) is 12.2 Å². The number of nitrogens with one attached hydrogen (secondary N) is 1. The van der Waals surface area contributed by atoms with Crippen LogP contribution in [0.5, 0.6) is 0 Å². The van der Waals surface area contributed by atoms with Gasteiger partial charge in [-0.2, -0.15) is 0 Å². The van der Waals surface area contributed by atoms with Gasteiger partial charge < -0.3 is 5.32 Å². The Hall–Kier alpha value is -0.790. The van der Waals surface area contributed by atoms with Crippen LogP contribution in [0.1, 0.15) is 40.5 Å². The zero-order valence-electron chi connectivity index (χ0n) is 9.18. The van der Waals surface area contributed by atoms with Crippen LogP contribution < -0.4 is 5.32 Å². The fourth-order valence-corrected chi connectivity index (χ4v) is 1.22. The fourth-order valence-electron chi connectivity index (χ4n) is 1.22. The monoisotopic (exact) mass is 183 g/mol.